The first-order valence-electron chi connectivity index (χ1n) is 4.35. The minimum atomic E-state index is 0.117. The van der Waals surface area contributed by atoms with Crippen LogP contribution in [0.4, 0.5) is 5.69 Å². The topological polar surface area (TPSA) is 12.0 Å². The molecule has 0 spiro atoms. The Hall–Kier alpha value is 0.0800. The Bertz CT molecular complexity index is 402. The monoisotopic (exact) mass is 293 g/mol. The summed E-state index contributed by atoms with van der Waals surface area (Å²) in [6.45, 7) is 5.26. The zero-order chi connectivity index (χ0) is 10.5. The van der Waals surface area contributed by atoms with E-state index in [-0.39, 0.29) is 5.41 Å². The highest BCUT2D eigenvalue weighted by molar-refractivity contribution is 9.10. The van der Waals surface area contributed by atoms with Gasteiger partial charge in [0.05, 0.1) is 15.7 Å². The van der Waals surface area contributed by atoms with Crippen LogP contribution in [-0.2, 0) is 5.41 Å². The summed E-state index contributed by atoms with van der Waals surface area (Å²) < 4.78 is 0.861. The van der Waals surface area contributed by atoms with Crippen molar-refractivity contribution in [1.29, 1.82) is 0 Å². The van der Waals surface area contributed by atoms with E-state index in [1.165, 1.54) is 5.56 Å². The molecule has 0 atom stereocenters. The molecule has 0 bridgehead atoms. The van der Waals surface area contributed by atoms with Crippen LogP contribution < -0.4 is 5.32 Å². The zero-order valence-corrected chi connectivity index (χ0v) is 11.0. The molecule has 0 saturated carbocycles. The van der Waals surface area contributed by atoms with Crippen LogP contribution in [0.25, 0.3) is 0 Å². The summed E-state index contributed by atoms with van der Waals surface area (Å²) in [7, 11) is 0. The van der Waals surface area contributed by atoms with Crippen molar-refractivity contribution in [1.82, 2.24) is 0 Å². The first-order chi connectivity index (χ1) is 6.43. The summed E-state index contributed by atoms with van der Waals surface area (Å²) in [4.78, 5) is 0. The van der Waals surface area contributed by atoms with Gasteiger partial charge in [-0.1, -0.05) is 37.0 Å². The summed E-state index contributed by atoms with van der Waals surface area (Å²) >= 11 is 15.6. The van der Waals surface area contributed by atoms with Gasteiger partial charge in [-0.15, -0.1) is 0 Å². The maximum absolute atomic E-state index is 6.15. The van der Waals surface area contributed by atoms with Gasteiger partial charge in [-0.3, -0.25) is 0 Å². The summed E-state index contributed by atoms with van der Waals surface area (Å²) in [6.07, 6.45) is 0. The second-order valence-electron chi connectivity index (χ2n) is 4.15. The quantitative estimate of drug-likeness (QED) is 0.697. The van der Waals surface area contributed by atoms with Crippen LogP contribution in [0.5, 0.6) is 0 Å². The van der Waals surface area contributed by atoms with Crippen molar-refractivity contribution in [2.24, 2.45) is 0 Å². The van der Waals surface area contributed by atoms with Crippen LogP contribution in [0.3, 0.4) is 0 Å². The summed E-state index contributed by atoms with van der Waals surface area (Å²) in [5.41, 5.74) is 2.31. The minimum absolute atomic E-state index is 0.117. The van der Waals surface area contributed by atoms with E-state index in [1.807, 2.05) is 6.07 Å². The minimum Gasteiger partial charge on any atom is -0.383 e. The lowest BCUT2D eigenvalue weighted by atomic mass is 9.87. The fraction of sp³-hybridized carbons (Fsp3) is 0.400. The van der Waals surface area contributed by atoms with Crippen LogP contribution in [0.2, 0.25) is 10.0 Å². The van der Waals surface area contributed by atoms with Crippen molar-refractivity contribution in [3.05, 3.63) is 26.1 Å². The number of halogens is 3. The Kier molecular flexibility index (Phi) is 2.49. The van der Waals surface area contributed by atoms with E-state index < -0.39 is 0 Å². The molecular formula is C10H10BrCl2N. The Morgan fingerprint density at radius 3 is 2.64 bits per heavy atom. The SMILES string of the molecule is CC1(C)CNc2c1cc(Br)c(Cl)c2Cl. The molecular weight excluding hydrogens is 285 g/mol. The smallest absolute Gasteiger partial charge is 0.0838 e. The predicted octanol–water partition coefficient (Wildman–Crippen LogP) is 4.46. The first kappa shape index (κ1) is 10.6. The van der Waals surface area contributed by atoms with Crippen LogP contribution >= 0.6 is 39.1 Å². The molecule has 1 nitrogen and oxygen atoms in total. The van der Waals surface area contributed by atoms with Crippen molar-refractivity contribution in [2.75, 3.05) is 11.9 Å². The lowest BCUT2D eigenvalue weighted by Gasteiger charge is -2.17. The van der Waals surface area contributed by atoms with E-state index in [0.717, 1.165) is 16.7 Å². The van der Waals surface area contributed by atoms with Gasteiger partial charge in [0.15, 0.2) is 0 Å². The van der Waals surface area contributed by atoms with Gasteiger partial charge in [0.1, 0.15) is 0 Å². The maximum Gasteiger partial charge on any atom is 0.0838 e. The number of rotatable bonds is 0. The molecule has 1 aliphatic rings. The number of fused-ring (bicyclic) bond motifs is 1. The van der Waals surface area contributed by atoms with Gasteiger partial charge in [0.25, 0.3) is 0 Å². The van der Waals surface area contributed by atoms with Gasteiger partial charge in [0, 0.05) is 16.4 Å². The first-order valence-corrected chi connectivity index (χ1v) is 5.90. The predicted molar refractivity (Wildman–Crippen MR) is 65.7 cm³/mol. The van der Waals surface area contributed by atoms with Gasteiger partial charge in [-0.25, -0.2) is 0 Å². The molecule has 2 rings (SSSR count). The van der Waals surface area contributed by atoms with E-state index in [9.17, 15) is 0 Å². The number of hydrogen-bond donors (Lipinski definition) is 1. The third kappa shape index (κ3) is 1.44. The third-order valence-corrected chi connectivity index (χ3v) is 4.32. The number of nitrogens with one attached hydrogen (secondary N) is 1. The third-order valence-electron chi connectivity index (χ3n) is 2.60. The van der Waals surface area contributed by atoms with Crippen molar-refractivity contribution in [3.8, 4) is 0 Å². The normalized spacial score (nSPS) is 17.8. The van der Waals surface area contributed by atoms with Crippen molar-refractivity contribution >= 4 is 44.8 Å². The van der Waals surface area contributed by atoms with Gasteiger partial charge in [0.2, 0.25) is 0 Å². The van der Waals surface area contributed by atoms with Gasteiger partial charge in [-0.2, -0.15) is 0 Å². The zero-order valence-electron chi connectivity index (χ0n) is 7.92. The highest BCUT2D eigenvalue weighted by Gasteiger charge is 2.32. The molecule has 1 aromatic carbocycles. The standard InChI is InChI=1S/C10H10BrCl2N/c1-10(2)4-14-9-5(10)3-6(11)7(12)8(9)13/h3,14H,4H2,1-2H3. The largest absolute Gasteiger partial charge is 0.383 e. The molecule has 1 aromatic rings. The van der Waals surface area contributed by atoms with Gasteiger partial charge < -0.3 is 5.32 Å². The summed E-state index contributed by atoms with van der Waals surface area (Å²) in [6, 6.07) is 2.05. The average molecular weight is 295 g/mol. The van der Waals surface area contributed by atoms with Crippen LogP contribution in [0, 0.1) is 0 Å². The van der Waals surface area contributed by atoms with E-state index in [1.54, 1.807) is 0 Å². The molecule has 0 unspecified atom stereocenters. The second kappa shape index (κ2) is 3.29. The van der Waals surface area contributed by atoms with Crippen molar-refractivity contribution in [3.63, 3.8) is 0 Å². The molecule has 14 heavy (non-hydrogen) atoms. The molecule has 0 aromatic heterocycles. The molecule has 0 amide bonds. The Labute approximate surface area is 102 Å². The maximum atomic E-state index is 6.15. The molecule has 0 fully saturated rings. The Morgan fingerprint density at radius 1 is 1.36 bits per heavy atom. The Balaban J connectivity index is 2.71. The molecule has 4 heteroatoms. The molecule has 1 N–H and O–H groups in total. The fourth-order valence-corrected chi connectivity index (χ4v) is 2.67. The van der Waals surface area contributed by atoms with E-state index in [0.29, 0.717) is 10.0 Å². The van der Waals surface area contributed by atoms with Crippen molar-refractivity contribution < 1.29 is 0 Å². The van der Waals surface area contributed by atoms with E-state index in [2.05, 4.69) is 35.1 Å². The van der Waals surface area contributed by atoms with Gasteiger partial charge in [-0.05, 0) is 27.6 Å². The lowest BCUT2D eigenvalue weighted by molar-refractivity contribution is 0.586. The highest BCUT2D eigenvalue weighted by Crippen LogP contribution is 2.46. The molecule has 1 heterocycles. The van der Waals surface area contributed by atoms with Crippen LogP contribution in [0.1, 0.15) is 19.4 Å². The van der Waals surface area contributed by atoms with Gasteiger partial charge >= 0.3 is 0 Å². The van der Waals surface area contributed by atoms with E-state index in [4.69, 9.17) is 23.2 Å². The molecule has 76 valence electrons. The summed E-state index contributed by atoms with van der Waals surface area (Å²) in [5, 5.41) is 4.48. The average Bonchev–Trinajstić information content (AvgIpc) is 2.39. The molecule has 0 saturated heterocycles. The van der Waals surface area contributed by atoms with Crippen LogP contribution in [-0.4, -0.2) is 6.54 Å². The highest BCUT2D eigenvalue weighted by atomic mass is 79.9. The molecule has 1 aliphatic heterocycles. The number of benzene rings is 1. The Morgan fingerprint density at radius 2 is 2.00 bits per heavy atom. The molecule has 0 radical (unpaired) electrons. The number of hydrogen-bond acceptors (Lipinski definition) is 1. The molecule has 0 aliphatic carbocycles. The van der Waals surface area contributed by atoms with Crippen LogP contribution in [0.15, 0.2) is 10.5 Å². The summed E-state index contributed by atoms with van der Waals surface area (Å²) in [5.74, 6) is 0. The van der Waals surface area contributed by atoms with Crippen molar-refractivity contribution in [2.45, 2.75) is 19.3 Å². The van der Waals surface area contributed by atoms with E-state index >= 15 is 0 Å². The fourth-order valence-electron chi connectivity index (χ4n) is 1.71. The second-order valence-corrected chi connectivity index (χ2v) is 5.76. The lowest BCUT2D eigenvalue weighted by Crippen LogP contribution is -2.18. The number of anilines is 1.